The van der Waals surface area contributed by atoms with E-state index in [0.717, 1.165) is 57.1 Å². The van der Waals surface area contributed by atoms with E-state index >= 15 is 0 Å². The van der Waals surface area contributed by atoms with Crippen molar-refractivity contribution >= 4 is 11.7 Å². The summed E-state index contributed by atoms with van der Waals surface area (Å²) in [5.74, 6) is 1.33. The van der Waals surface area contributed by atoms with Crippen LogP contribution in [0.25, 0.3) is 0 Å². The molecule has 1 heterocycles. The summed E-state index contributed by atoms with van der Waals surface area (Å²) in [4.78, 5) is 14.3. The average molecular weight is 321 g/mol. The summed E-state index contributed by atoms with van der Waals surface area (Å²) >= 11 is 0. The van der Waals surface area contributed by atoms with Crippen molar-refractivity contribution in [1.82, 2.24) is 10.2 Å². The van der Waals surface area contributed by atoms with Crippen molar-refractivity contribution in [2.24, 2.45) is 5.92 Å². The zero-order valence-corrected chi connectivity index (χ0v) is 14.0. The number of amides is 2. The van der Waals surface area contributed by atoms with Gasteiger partial charge in [0, 0.05) is 25.9 Å². The zero-order valence-electron chi connectivity index (χ0n) is 14.0. The van der Waals surface area contributed by atoms with Crippen molar-refractivity contribution in [3.05, 3.63) is 24.3 Å². The Balaban J connectivity index is 1.64. The SMILES string of the molecule is COCCN1CCC(CNC(=O)Nc2ccc(OC)cc2)CC1. The summed E-state index contributed by atoms with van der Waals surface area (Å²) in [6.45, 7) is 4.66. The molecule has 2 N–H and O–H groups in total. The lowest BCUT2D eigenvalue weighted by molar-refractivity contribution is 0.120. The molecule has 2 rings (SSSR count). The maximum absolute atomic E-state index is 11.9. The number of likely N-dealkylation sites (tertiary alicyclic amines) is 1. The van der Waals surface area contributed by atoms with Crippen LogP contribution in [0.15, 0.2) is 24.3 Å². The number of methoxy groups -OCH3 is 2. The van der Waals surface area contributed by atoms with Crippen molar-refractivity contribution in [3.63, 3.8) is 0 Å². The van der Waals surface area contributed by atoms with Crippen LogP contribution in [-0.4, -0.2) is 57.9 Å². The Morgan fingerprint density at radius 3 is 2.52 bits per heavy atom. The van der Waals surface area contributed by atoms with Crippen molar-refractivity contribution in [3.8, 4) is 5.75 Å². The van der Waals surface area contributed by atoms with E-state index in [-0.39, 0.29) is 6.03 Å². The number of nitrogens with one attached hydrogen (secondary N) is 2. The van der Waals surface area contributed by atoms with Gasteiger partial charge in [-0.05, 0) is 56.1 Å². The second-order valence-corrected chi connectivity index (χ2v) is 5.84. The molecule has 0 bridgehead atoms. The number of rotatable bonds is 7. The van der Waals surface area contributed by atoms with Gasteiger partial charge in [0.15, 0.2) is 0 Å². The van der Waals surface area contributed by atoms with E-state index in [4.69, 9.17) is 9.47 Å². The lowest BCUT2D eigenvalue weighted by atomic mass is 9.97. The average Bonchev–Trinajstić information content (AvgIpc) is 2.59. The lowest BCUT2D eigenvalue weighted by Gasteiger charge is -2.31. The van der Waals surface area contributed by atoms with E-state index in [9.17, 15) is 4.79 Å². The van der Waals surface area contributed by atoms with Crippen LogP contribution in [0.3, 0.4) is 0 Å². The first kappa shape index (κ1) is 17.6. The van der Waals surface area contributed by atoms with E-state index in [1.165, 1.54) is 0 Å². The molecule has 6 nitrogen and oxygen atoms in total. The first-order valence-corrected chi connectivity index (χ1v) is 8.11. The molecule has 23 heavy (non-hydrogen) atoms. The molecule has 0 radical (unpaired) electrons. The molecule has 0 saturated carbocycles. The van der Waals surface area contributed by atoms with Gasteiger partial charge in [0.1, 0.15) is 5.75 Å². The second-order valence-electron chi connectivity index (χ2n) is 5.84. The third kappa shape index (κ3) is 6.08. The van der Waals surface area contributed by atoms with Crippen LogP contribution >= 0.6 is 0 Å². The maximum atomic E-state index is 11.9. The van der Waals surface area contributed by atoms with Gasteiger partial charge in [-0.1, -0.05) is 0 Å². The number of hydrogen-bond acceptors (Lipinski definition) is 4. The normalized spacial score (nSPS) is 16.1. The minimum atomic E-state index is -0.156. The highest BCUT2D eigenvalue weighted by molar-refractivity contribution is 5.89. The third-order valence-electron chi connectivity index (χ3n) is 4.22. The predicted octanol–water partition coefficient (Wildman–Crippen LogP) is 2.18. The number of nitrogens with zero attached hydrogens (tertiary/aromatic N) is 1. The second kappa shape index (κ2) is 9.37. The van der Waals surface area contributed by atoms with Gasteiger partial charge >= 0.3 is 6.03 Å². The van der Waals surface area contributed by atoms with Gasteiger partial charge in [-0.2, -0.15) is 0 Å². The largest absolute Gasteiger partial charge is 0.497 e. The molecule has 1 aliphatic heterocycles. The van der Waals surface area contributed by atoms with Crippen LogP contribution < -0.4 is 15.4 Å². The van der Waals surface area contributed by atoms with E-state index in [2.05, 4.69) is 15.5 Å². The van der Waals surface area contributed by atoms with E-state index < -0.39 is 0 Å². The molecular weight excluding hydrogens is 294 g/mol. The first-order valence-electron chi connectivity index (χ1n) is 8.11. The standard InChI is InChI=1S/C17H27N3O3/c1-22-12-11-20-9-7-14(8-10-20)13-18-17(21)19-15-3-5-16(23-2)6-4-15/h3-6,14H,7-13H2,1-2H3,(H2,18,19,21). The number of carbonyl (C=O) groups excluding carboxylic acids is 1. The van der Waals surface area contributed by atoms with Crippen LogP contribution in [0, 0.1) is 5.92 Å². The van der Waals surface area contributed by atoms with Crippen molar-refractivity contribution in [2.75, 3.05) is 52.3 Å². The molecule has 6 heteroatoms. The minimum absolute atomic E-state index is 0.156. The van der Waals surface area contributed by atoms with Crippen LogP contribution in [0.1, 0.15) is 12.8 Å². The van der Waals surface area contributed by atoms with Crippen molar-refractivity contribution < 1.29 is 14.3 Å². The number of hydrogen-bond donors (Lipinski definition) is 2. The fraction of sp³-hybridized carbons (Fsp3) is 0.588. The van der Waals surface area contributed by atoms with E-state index in [0.29, 0.717) is 5.92 Å². The lowest BCUT2D eigenvalue weighted by Crippen LogP contribution is -2.40. The number of anilines is 1. The smallest absolute Gasteiger partial charge is 0.319 e. The molecule has 0 aliphatic carbocycles. The van der Waals surface area contributed by atoms with E-state index in [1.807, 2.05) is 24.3 Å². The Morgan fingerprint density at radius 2 is 1.91 bits per heavy atom. The van der Waals surface area contributed by atoms with Gasteiger partial charge in [-0.15, -0.1) is 0 Å². The van der Waals surface area contributed by atoms with Gasteiger partial charge in [0.25, 0.3) is 0 Å². The summed E-state index contributed by atoms with van der Waals surface area (Å²) in [6, 6.07) is 7.15. The van der Waals surface area contributed by atoms with Crippen molar-refractivity contribution in [2.45, 2.75) is 12.8 Å². The summed E-state index contributed by atoms with van der Waals surface area (Å²) < 4.78 is 10.2. The van der Waals surface area contributed by atoms with Crippen LogP contribution in [-0.2, 0) is 4.74 Å². The topological polar surface area (TPSA) is 62.8 Å². The van der Waals surface area contributed by atoms with E-state index in [1.54, 1.807) is 14.2 Å². The zero-order chi connectivity index (χ0) is 16.5. The van der Waals surface area contributed by atoms with Crippen molar-refractivity contribution in [1.29, 1.82) is 0 Å². The monoisotopic (exact) mass is 321 g/mol. The van der Waals surface area contributed by atoms with Gasteiger partial charge in [0.05, 0.1) is 13.7 Å². The fourth-order valence-electron chi connectivity index (χ4n) is 2.72. The maximum Gasteiger partial charge on any atom is 0.319 e. The Morgan fingerprint density at radius 1 is 1.22 bits per heavy atom. The molecule has 0 spiro atoms. The predicted molar refractivity (Wildman–Crippen MR) is 91.1 cm³/mol. The Labute approximate surface area is 138 Å². The molecular formula is C17H27N3O3. The number of urea groups is 1. The highest BCUT2D eigenvalue weighted by atomic mass is 16.5. The summed E-state index contributed by atoms with van der Waals surface area (Å²) in [7, 11) is 3.35. The molecule has 1 saturated heterocycles. The van der Waals surface area contributed by atoms with Gasteiger partial charge in [0.2, 0.25) is 0 Å². The molecule has 0 unspecified atom stereocenters. The number of benzene rings is 1. The molecule has 2 amide bonds. The van der Waals surface area contributed by atoms with Crippen LogP contribution in [0.4, 0.5) is 10.5 Å². The Hall–Kier alpha value is -1.79. The number of piperidine rings is 1. The molecule has 0 atom stereocenters. The first-order chi connectivity index (χ1) is 11.2. The quantitative estimate of drug-likeness (QED) is 0.808. The third-order valence-corrected chi connectivity index (χ3v) is 4.22. The molecule has 1 aromatic carbocycles. The number of carbonyl (C=O) groups is 1. The minimum Gasteiger partial charge on any atom is -0.497 e. The van der Waals surface area contributed by atoms with Gasteiger partial charge in [-0.25, -0.2) is 4.79 Å². The molecule has 128 valence electrons. The van der Waals surface area contributed by atoms with Gasteiger partial charge in [-0.3, -0.25) is 0 Å². The highest BCUT2D eigenvalue weighted by Crippen LogP contribution is 2.17. The highest BCUT2D eigenvalue weighted by Gasteiger charge is 2.19. The van der Waals surface area contributed by atoms with Crippen LogP contribution in [0.5, 0.6) is 5.75 Å². The van der Waals surface area contributed by atoms with Crippen LogP contribution in [0.2, 0.25) is 0 Å². The van der Waals surface area contributed by atoms with Gasteiger partial charge < -0.3 is 25.0 Å². The summed E-state index contributed by atoms with van der Waals surface area (Å²) in [6.07, 6.45) is 2.24. The fourth-order valence-corrected chi connectivity index (χ4v) is 2.72. The molecule has 1 aromatic rings. The molecule has 0 aromatic heterocycles. The molecule has 1 fully saturated rings. The molecule has 1 aliphatic rings. The summed E-state index contributed by atoms with van der Waals surface area (Å²) in [5.41, 5.74) is 0.762. The summed E-state index contributed by atoms with van der Waals surface area (Å²) in [5, 5.41) is 5.80. The Kier molecular flexibility index (Phi) is 7.16. The number of ether oxygens (including phenoxy) is 2. The Bertz CT molecular complexity index is 470.